The summed E-state index contributed by atoms with van der Waals surface area (Å²) in [6.45, 7) is 0. The van der Waals surface area contributed by atoms with E-state index in [4.69, 9.17) is 4.74 Å². The SMILES string of the molecule is COc1cccc(C(O)C2CC=CCC2)c1. The van der Waals surface area contributed by atoms with Gasteiger partial charge >= 0.3 is 0 Å². The van der Waals surface area contributed by atoms with E-state index in [1.54, 1.807) is 7.11 Å². The number of hydrogen-bond acceptors (Lipinski definition) is 2. The van der Waals surface area contributed by atoms with Crippen molar-refractivity contribution < 1.29 is 9.84 Å². The molecule has 0 aliphatic heterocycles. The van der Waals surface area contributed by atoms with Gasteiger partial charge in [0.15, 0.2) is 0 Å². The van der Waals surface area contributed by atoms with Crippen molar-refractivity contribution in [3.05, 3.63) is 42.0 Å². The van der Waals surface area contributed by atoms with Crippen LogP contribution in [0.4, 0.5) is 0 Å². The van der Waals surface area contributed by atoms with Crippen molar-refractivity contribution in [3.63, 3.8) is 0 Å². The first-order valence-electron chi connectivity index (χ1n) is 5.78. The van der Waals surface area contributed by atoms with Crippen molar-refractivity contribution in [1.29, 1.82) is 0 Å². The third kappa shape index (κ3) is 2.45. The van der Waals surface area contributed by atoms with Crippen molar-refractivity contribution in [2.75, 3.05) is 7.11 Å². The first-order valence-corrected chi connectivity index (χ1v) is 5.78. The quantitative estimate of drug-likeness (QED) is 0.790. The average Bonchev–Trinajstić information content (AvgIpc) is 2.39. The van der Waals surface area contributed by atoms with Crippen molar-refractivity contribution in [2.45, 2.75) is 25.4 Å². The minimum Gasteiger partial charge on any atom is -0.497 e. The molecule has 2 heteroatoms. The molecule has 2 atom stereocenters. The Bertz CT molecular complexity index is 371. The highest BCUT2D eigenvalue weighted by Gasteiger charge is 2.21. The standard InChI is InChI=1S/C14H18O2/c1-16-13-9-5-8-12(10-13)14(15)11-6-3-2-4-7-11/h2-3,5,8-11,14-15H,4,6-7H2,1H3. The Kier molecular flexibility index (Phi) is 3.62. The summed E-state index contributed by atoms with van der Waals surface area (Å²) in [7, 11) is 1.65. The summed E-state index contributed by atoms with van der Waals surface area (Å²) >= 11 is 0. The van der Waals surface area contributed by atoms with Crippen LogP contribution in [0.2, 0.25) is 0 Å². The molecule has 1 aliphatic carbocycles. The Morgan fingerprint density at radius 3 is 2.94 bits per heavy atom. The topological polar surface area (TPSA) is 29.5 Å². The average molecular weight is 218 g/mol. The third-order valence-electron chi connectivity index (χ3n) is 3.19. The van der Waals surface area contributed by atoms with E-state index in [2.05, 4.69) is 12.2 Å². The fourth-order valence-electron chi connectivity index (χ4n) is 2.20. The smallest absolute Gasteiger partial charge is 0.119 e. The van der Waals surface area contributed by atoms with E-state index >= 15 is 0 Å². The van der Waals surface area contributed by atoms with Crippen LogP contribution in [0.1, 0.15) is 30.9 Å². The minimum absolute atomic E-state index is 0.345. The second-order valence-electron chi connectivity index (χ2n) is 4.27. The Morgan fingerprint density at radius 1 is 1.38 bits per heavy atom. The van der Waals surface area contributed by atoms with Gasteiger partial charge in [-0.05, 0) is 42.9 Å². The molecule has 1 aromatic carbocycles. The summed E-state index contributed by atoms with van der Waals surface area (Å²) in [5, 5.41) is 10.3. The van der Waals surface area contributed by atoms with Gasteiger partial charge in [0.2, 0.25) is 0 Å². The normalized spacial score (nSPS) is 21.8. The first kappa shape index (κ1) is 11.2. The zero-order valence-corrected chi connectivity index (χ0v) is 9.60. The summed E-state index contributed by atoms with van der Waals surface area (Å²) < 4.78 is 5.17. The van der Waals surface area contributed by atoms with E-state index in [0.717, 1.165) is 30.6 Å². The van der Waals surface area contributed by atoms with Gasteiger partial charge < -0.3 is 9.84 Å². The summed E-state index contributed by atoms with van der Waals surface area (Å²) in [4.78, 5) is 0. The Labute approximate surface area is 96.6 Å². The molecule has 2 nitrogen and oxygen atoms in total. The van der Waals surface area contributed by atoms with Gasteiger partial charge in [0, 0.05) is 0 Å². The number of aliphatic hydroxyl groups excluding tert-OH is 1. The van der Waals surface area contributed by atoms with E-state index < -0.39 is 0 Å². The molecule has 2 rings (SSSR count). The molecule has 0 amide bonds. The van der Waals surface area contributed by atoms with Gasteiger partial charge in [0.1, 0.15) is 5.75 Å². The highest BCUT2D eigenvalue weighted by Crippen LogP contribution is 2.32. The molecule has 1 aromatic rings. The van der Waals surface area contributed by atoms with Gasteiger partial charge in [-0.25, -0.2) is 0 Å². The van der Waals surface area contributed by atoms with Gasteiger partial charge in [0.05, 0.1) is 13.2 Å². The molecular weight excluding hydrogens is 200 g/mol. The van der Waals surface area contributed by atoms with Crippen LogP contribution in [0.3, 0.4) is 0 Å². The van der Waals surface area contributed by atoms with Gasteiger partial charge in [-0.3, -0.25) is 0 Å². The van der Waals surface area contributed by atoms with E-state index in [-0.39, 0.29) is 6.10 Å². The van der Waals surface area contributed by atoms with E-state index in [1.807, 2.05) is 24.3 Å². The Balaban J connectivity index is 2.12. The number of aliphatic hydroxyl groups is 1. The zero-order chi connectivity index (χ0) is 11.4. The molecule has 0 fully saturated rings. The molecule has 0 saturated carbocycles. The molecular formula is C14H18O2. The summed E-state index contributed by atoms with van der Waals surface area (Å²) in [6, 6.07) is 7.71. The van der Waals surface area contributed by atoms with Crippen LogP contribution >= 0.6 is 0 Å². The van der Waals surface area contributed by atoms with Crippen LogP contribution in [0.25, 0.3) is 0 Å². The predicted molar refractivity (Wildman–Crippen MR) is 64.4 cm³/mol. The van der Waals surface area contributed by atoms with Crippen LogP contribution in [0.5, 0.6) is 5.75 Å². The largest absolute Gasteiger partial charge is 0.497 e. The van der Waals surface area contributed by atoms with Gasteiger partial charge in [-0.15, -0.1) is 0 Å². The molecule has 1 N–H and O–H groups in total. The van der Waals surface area contributed by atoms with Crippen molar-refractivity contribution in [2.24, 2.45) is 5.92 Å². The monoisotopic (exact) mass is 218 g/mol. The summed E-state index contributed by atoms with van der Waals surface area (Å²) in [5.74, 6) is 1.15. The van der Waals surface area contributed by atoms with E-state index in [9.17, 15) is 5.11 Å². The molecule has 2 unspecified atom stereocenters. The molecule has 86 valence electrons. The Morgan fingerprint density at radius 2 is 2.25 bits per heavy atom. The van der Waals surface area contributed by atoms with Crippen molar-refractivity contribution in [3.8, 4) is 5.75 Å². The Hall–Kier alpha value is -1.28. The summed E-state index contributed by atoms with van der Waals surface area (Å²) in [6.07, 6.45) is 7.09. The highest BCUT2D eigenvalue weighted by atomic mass is 16.5. The van der Waals surface area contributed by atoms with Crippen LogP contribution in [0.15, 0.2) is 36.4 Å². The lowest BCUT2D eigenvalue weighted by atomic mass is 9.86. The number of hydrogen-bond donors (Lipinski definition) is 1. The third-order valence-corrected chi connectivity index (χ3v) is 3.19. The van der Waals surface area contributed by atoms with Crippen LogP contribution in [-0.2, 0) is 0 Å². The molecule has 0 aromatic heterocycles. The van der Waals surface area contributed by atoms with E-state index in [0.29, 0.717) is 5.92 Å². The summed E-state index contributed by atoms with van der Waals surface area (Å²) in [5.41, 5.74) is 0.958. The van der Waals surface area contributed by atoms with Gasteiger partial charge in [-0.1, -0.05) is 24.3 Å². The fraction of sp³-hybridized carbons (Fsp3) is 0.429. The number of allylic oxidation sites excluding steroid dienone is 2. The van der Waals surface area contributed by atoms with Crippen molar-refractivity contribution in [1.82, 2.24) is 0 Å². The highest BCUT2D eigenvalue weighted by molar-refractivity contribution is 5.30. The number of benzene rings is 1. The second kappa shape index (κ2) is 5.17. The van der Waals surface area contributed by atoms with Gasteiger partial charge in [0.25, 0.3) is 0 Å². The minimum atomic E-state index is -0.375. The lowest BCUT2D eigenvalue weighted by Crippen LogP contribution is -2.13. The second-order valence-corrected chi connectivity index (χ2v) is 4.27. The molecule has 0 saturated heterocycles. The molecule has 0 heterocycles. The first-order chi connectivity index (χ1) is 7.81. The maximum atomic E-state index is 10.3. The number of ether oxygens (including phenoxy) is 1. The molecule has 0 spiro atoms. The fourth-order valence-corrected chi connectivity index (χ4v) is 2.20. The predicted octanol–water partition coefficient (Wildman–Crippen LogP) is 3.08. The lowest BCUT2D eigenvalue weighted by Gasteiger charge is -2.24. The molecule has 0 radical (unpaired) electrons. The van der Waals surface area contributed by atoms with Crippen LogP contribution in [0, 0.1) is 5.92 Å². The maximum Gasteiger partial charge on any atom is 0.119 e. The zero-order valence-electron chi connectivity index (χ0n) is 9.60. The number of rotatable bonds is 3. The number of methoxy groups -OCH3 is 1. The maximum absolute atomic E-state index is 10.3. The molecule has 16 heavy (non-hydrogen) atoms. The molecule has 1 aliphatic rings. The lowest BCUT2D eigenvalue weighted by molar-refractivity contribution is 0.102. The van der Waals surface area contributed by atoms with Gasteiger partial charge in [-0.2, -0.15) is 0 Å². The van der Waals surface area contributed by atoms with Crippen LogP contribution in [-0.4, -0.2) is 12.2 Å². The van der Waals surface area contributed by atoms with Crippen LogP contribution < -0.4 is 4.74 Å². The molecule has 0 bridgehead atoms. The van der Waals surface area contributed by atoms with E-state index in [1.165, 1.54) is 0 Å². The van der Waals surface area contributed by atoms with Crippen molar-refractivity contribution >= 4 is 0 Å².